The number of carboxylic acids is 1. The van der Waals surface area contributed by atoms with Crippen LogP contribution in [0.25, 0.3) is 17.8 Å². The highest BCUT2D eigenvalue weighted by atomic mass is 16.4. The van der Waals surface area contributed by atoms with E-state index in [1.807, 2.05) is 42.1 Å². The molecule has 31 heavy (non-hydrogen) atoms. The summed E-state index contributed by atoms with van der Waals surface area (Å²) in [4.78, 5) is 11.1. The van der Waals surface area contributed by atoms with Crippen molar-refractivity contribution in [1.29, 1.82) is 0 Å². The molecule has 1 N–H and O–H groups in total. The second-order valence-corrected chi connectivity index (χ2v) is 9.89. The molecule has 160 valence electrons. The minimum atomic E-state index is -0.911. The van der Waals surface area contributed by atoms with E-state index in [4.69, 9.17) is 5.11 Å². The number of nitrogens with zero attached hydrogens (tertiary/aromatic N) is 2. The minimum absolute atomic E-state index is 0.120. The van der Waals surface area contributed by atoms with Crippen molar-refractivity contribution in [3.05, 3.63) is 82.2 Å². The zero-order valence-corrected chi connectivity index (χ0v) is 18.9. The summed E-state index contributed by atoms with van der Waals surface area (Å²) in [5.74, 6) is -0.911. The molecule has 1 heterocycles. The van der Waals surface area contributed by atoms with Gasteiger partial charge >= 0.3 is 5.97 Å². The highest BCUT2D eigenvalue weighted by Crippen LogP contribution is 2.47. The van der Waals surface area contributed by atoms with Gasteiger partial charge in [0.25, 0.3) is 0 Å². The Kier molecular flexibility index (Phi) is 5.12. The van der Waals surface area contributed by atoms with Gasteiger partial charge in [-0.3, -0.25) is 0 Å². The fourth-order valence-corrected chi connectivity index (χ4v) is 4.42. The lowest BCUT2D eigenvalue weighted by atomic mass is 9.63. The van der Waals surface area contributed by atoms with E-state index < -0.39 is 5.97 Å². The van der Waals surface area contributed by atoms with Crippen molar-refractivity contribution in [1.82, 2.24) is 9.78 Å². The quantitative estimate of drug-likeness (QED) is 0.503. The Bertz CT molecular complexity index is 1160. The number of carbonyl (C=O) groups is 1. The van der Waals surface area contributed by atoms with Gasteiger partial charge in [-0.25, -0.2) is 9.48 Å². The van der Waals surface area contributed by atoms with Crippen molar-refractivity contribution >= 4 is 18.1 Å². The molecule has 1 aliphatic rings. The third kappa shape index (κ3) is 4.07. The molecule has 0 amide bonds. The van der Waals surface area contributed by atoms with E-state index in [2.05, 4.69) is 51.0 Å². The molecule has 0 saturated heterocycles. The molecule has 0 fully saturated rings. The minimum Gasteiger partial charge on any atom is -0.478 e. The summed E-state index contributed by atoms with van der Waals surface area (Å²) < 4.78 is 1.96. The number of aromatic carboxylic acids is 1. The molecule has 4 heteroatoms. The molecular formula is C27H30N2O2. The van der Waals surface area contributed by atoms with Gasteiger partial charge in [0.15, 0.2) is 0 Å². The number of benzene rings is 2. The number of fused-ring (bicyclic) bond motifs is 1. The average Bonchev–Trinajstić information content (AvgIpc) is 3.16. The molecule has 4 nitrogen and oxygen atoms in total. The Labute approximate surface area is 184 Å². The van der Waals surface area contributed by atoms with Gasteiger partial charge in [-0.05, 0) is 77.6 Å². The van der Waals surface area contributed by atoms with Crippen LogP contribution in [0.2, 0.25) is 0 Å². The molecule has 2 aromatic carbocycles. The van der Waals surface area contributed by atoms with Crippen LogP contribution in [-0.4, -0.2) is 20.9 Å². The van der Waals surface area contributed by atoms with Crippen LogP contribution in [0, 0.1) is 6.92 Å². The molecule has 3 aromatic rings. The molecule has 0 radical (unpaired) electrons. The topological polar surface area (TPSA) is 55.1 Å². The van der Waals surface area contributed by atoms with Gasteiger partial charge in [-0.15, -0.1) is 0 Å². The van der Waals surface area contributed by atoms with Gasteiger partial charge in [-0.2, -0.15) is 5.10 Å². The first kappa shape index (κ1) is 21.1. The molecule has 0 bridgehead atoms. The van der Waals surface area contributed by atoms with Crippen molar-refractivity contribution in [3.8, 4) is 5.69 Å². The predicted molar refractivity (Wildman–Crippen MR) is 126 cm³/mol. The Morgan fingerprint density at radius 1 is 0.968 bits per heavy atom. The molecule has 1 aromatic heterocycles. The van der Waals surface area contributed by atoms with Crippen molar-refractivity contribution < 1.29 is 9.90 Å². The van der Waals surface area contributed by atoms with Gasteiger partial charge in [0.1, 0.15) is 0 Å². The van der Waals surface area contributed by atoms with Crippen LogP contribution in [-0.2, 0) is 10.8 Å². The summed E-state index contributed by atoms with van der Waals surface area (Å²) >= 11 is 0. The first-order chi connectivity index (χ1) is 14.6. The van der Waals surface area contributed by atoms with Gasteiger partial charge in [0.2, 0.25) is 0 Å². The van der Waals surface area contributed by atoms with E-state index in [1.54, 1.807) is 12.1 Å². The molecular weight excluding hydrogens is 384 g/mol. The summed E-state index contributed by atoms with van der Waals surface area (Å²) in [7, 11) is 0. The van der Waals surface area contributed by atoms with E-state index >= 15 is 0 Å². The Hall–Kier alpha value is -3.14. The molecule has 1 aliphatic carbocycles. The first-order valence-corrected chi connectivity index (χ1v) is 10.8. The van der Waals surface area contributed by atoms with E-state index in [0.29, 0.717) is 5.56 Å². The Morgan fingerprint density at radius 3 is 2.13 bits per heavy atom. The lowest BCUT2D eigenvalue weighted by Gasteiger charge is -2.42. The number of aromatic nitrogens is 2. The number of hydrogen-bond donors (Lipinski definition) is 1. The maximum absolute atomic E-state index is 11.1. The van der Waals surface area contributed by atoms with Crippen molar-refractivity contribution in [3.63, 3.8) is 0 Å². The van der Waals surface area contributed by atoms with Crippen LogP contribution in [0.1, 0.15) is 78.8 Å². The highest BCUT2D eigenvalue weighted by Gasteiger charge is 2.37. The van der Waals surface area contributed by atoms with Crippen LogP contribution in [0.4, 0.5) is 0 Å². The fraction of sp³-hybridized carbons (Fsp3) is 0.333. The molecule has 0 aliphatic heterocycles. The molecule has 0 spiro atoms. The second-order valence-electron chi connectivity index (χ2n) is 9.89. The number of hydrogen-bond acceptors (Lipinski definition) is 2. The van der Waals surface area contributed by atoms with E-state index in [0.717, 1.165) is 35.3 Å². The zero-order valence-electron chi connectivity index (χ0n) is 18.9. The average molecular weight is 415 g/mol. The number of carboxylic acid groups (broad SMARTS) is 1. The van der Waals surface area contributed by atoms with Gasteiger partial charge in [0.05, 0.1) is 16.9 Å². The first-order valence-electron chi connectivity index (χ1n) is 10.8. The normalized spacial score (nSPS) is 16.9. The second kappa shape index (κ2) is 7.52. The lowest BCUT2D eigenvalue weighted by molar-refractivity contribution is 0.0697. The summed E-state index contributed by atoms with van der Waals surface area (Å²) in [5, 5.41) is 13.8. The fourth-order valence-electron chi connectivity index (χ4n) is 4.42. The van der Waals surface area contributed by atoms with Gasteiger partial charge in [-0.1, -0.05) is 52.0 Å². The Morgan fingerprint density at radius 2 is 1.58 bits per heavy atom. The summed E-state index contributed by atoms with van der Waals surface area (Å²) in [6, 6.07) is 13.6. The number of rotatable bonds is 4. The Balaban J connectivity index is 1.85. The maximum Gasteiger partial charge on any atom is 0.335 e. The smallest absolute Gasteiger partial charge is 0.335 e. The standard InChI is InChI=1S/C27H30N2O2/c1-18-12-15-29(28-18)24-17-23-22(26(2,3)13-14-27(23,4)5)16-21(24)11-8-19-6-9-20(10-7-19)25(30)31/h6-12,15-17H,13-14H2,1-5H3,(H,30,31)/b11-8+. The monoisotopic (exact) mass is 414 g/mol. The van der Waals surface area contributed by atoms with Crippen molar-refractivity contribution in [2.75, 3.05) is 0 Å². The summed E-state index contributed by atoms with van der Waals surface area (Å²) in [6.45, 7) is 11.3. The third-order valence-corrected chi connectivity index (χ3v) is 6.58. The van der Waals surface area contributed by atoms with Crippen molar-refractivity contribution in [2.45, 2.75) is 58.3 Å². The van der Waals surface area contributed by atoms with Crippen LogP contribution < -0.4 is 0 Å². The van der Waals surface area contributed by atoms with Gasteiger partial charge in [0, 0.05) is 11.8 Å². The van der Waals surface area contributed by atoms with Crippen molar-refractivity contribution in [2.24, 2.45) is 0 Å². The molecule has 0 unspecified atom stereocenters. The largest absolute Gasteiger partial charge is 0.478 e. The maximum atomic E-state index is 11.1. The van der Waals surface area contributed by atoms with Crippen LogP contribution in [0.15, 0.2) is 48.7 Å². The molecule has 4 rings (SSSR count). The van der Waals surface area contributed by atoms with E-state index in [9.17, 15) is 4.79 Å². The number of aryl methyl sites for hydroxylation is 1. The van der Waals surface area contributed by atoms with Crippen LogP contribution in [0.5, 0.6) is 0 Å². The summed E-state index contributed by atoms with van der Waals surface area (Å²) in [6.07, 6.45) is 8.48. The summed E-state index contributed by atoms with van der Waals surface area (Å²) in [5.41, 5.74) is 7.45. The molecule has 0 saturated carbocycles. The van der Waals surface area contributed by atoms with Crippen LogP contribution in [0.3, 0.4) is 0 Å². The highest BCUT2D eigenvalue weighted by molar-refractivity contribution is 5.88. The van der Waals surface area contributed by atoms with E-state index in [-0.39, 0.29) is 10.8 Å². The molecule has 0 atom stereocenters. The third-order valence-electron chi connectivity index (χ3n) is 6.58. The van der Waals surface area contributed by atoms with Crippen LogP contribution >= 0.6 is 0 Å². The predicted octanol–water partition coefficient (Wildman–Crippen LogP) is 6.40. The lowest BCUT2D eigenvalue weighted by Crippen LogP contribution is -2.34. The van der Waals surface area contributed by atoms with Gasteiger partial charge < -0.3 is 5.11 Å². The zero-order chi connectivity index (χ0) is 22.4. The van der Waals surface area contributed by atoms with E-state index in [1.165, 1.54) is 11.1 Å². The SMILES string of the molecule is Cc1ccn(-c2cc3c(cc2/C=C/c2ccc(C(=O)O)cc2)C(C)(C)CCC3(C)C)n1.